The molecule has 8 rings (SSSR count). The molecule has 2 aromatic heterocycles. The van der Waals surface area contributed by atoms with Gasteiger partial charge in [-0.15, -0.1) is 71.3 Å². The van der Waals surface area contributed by atoms with Gasteiger partial charge in [0.1, 0.15) is 0 Å². The normalized spacial score (nSPS) is 21.5. The Labute approximate surface area is 251 Å². The zero-order valence-electron chi connectivity index (χ0n) is 22.8. The second-order valence-electron chi connectivity index (χ2n) is 11.3. The number of aryl methyl sites for hydroxylation is 1. The van der Waals surface area contributed by atoms with Crippen LogP contribution in [0.4, 0.5) is 0 Å². The summed E-state index contributed by atoms with van der Waals surface area (Å²) in [5.74, 6) is 0. The molecule has 5 aromatic rings. The molecule has 1 radical (unpaired) electrons. The van der Waals surface area contributed by atoms with E-state index in [9.17, 15) is 0 Å². The summed E-state index contributed by atoms with van der Waals surface area (Å²) in [7, 11) is 0. The van der Waals surface area contributed by atoms with E-state index >= 15 is 0 Å². The van der Waals surface area contributed by atoms with E-state index in [2.05, 4.69) is 66.5 Å². The molecule has 3 aliphatic rings. The predicted molar refractivity (Wildman–Crippen MR) is 158 cm³/mol. The van der Waals surface area contributed by atoms with E-state index in [1.54, 1.807) is 5.56 Å². The first-order valence-corrected chi connectivity index (χ1v) is 14.2. The summed E-state index contributed by atoms with van der Waals surface area (Å²) in [5, 5.41) is 0. The van der Waals surface area contributed by atoms with E-state index in [1.807, 2.05) is 60.9 Å². The van der Waals surface area contributed by atoms with Crippen molar-refractivity contribution in [2.75, 3.05) is 0 Å². The number of rotatable bonds is 2. The predicted octanol–water partition coefficient (Wildman–Crippen LogP) is 8.93. The molecule has 40 heavy (non-hydrogen) atoms. The van der Waals surface area contributed by atoms with Gasteiger partial charge in [0.05, 0.1) is 0 Å². The van der Waals surface area contributed by atoms with Crippen molar-refractivity contribution in [3.8, 4) is 33.6 Å². The van der Waals surface area contributed by atoms with Crippen molar-refractivity contribution in [2.24, 2.45) is 0 Å². The number of hydrogen-bond donors (Lipinski definition) is 0. The number of hydrogen-bond acceptors (Lipinski definition) is 2. The molecule has 201 valence electrons. The molecule has 2 heterocycles. The Hall–Kier alpha value is -3.39. The zero-order chi connectivity index (χ0) is 26.3. The largest absolute Gasteiger partial charge is 0.304 e. The second kappa shape index (κ2) is 10.9. The molecule has 0 N–H and O–H groups in total. The standard InChI is InChI=1S/C19H18N.C18H14N.Ir/c1-2-7-15-14(6-1)17-16(8-3-13-20-17)19-11-4-9-18(15,19)10-5-12-19;1-14-12-18(16-10-6-3-7-11-16)19-13-17(14)15-8-4-2-5-9-15;/h1-3,7-8,13H,4-5,9-12H2;2-10,12-13H,1H3;/q2*-1;. The number of pyridine rings is 2. The van der Waals surface area contributed by atoms with E-state index in [1.165, 1.54) is 72.0 Å². The van der Waals surface area contributed by atoms with Crippen molar-refractivity contribution in [2.45, 2.75) is 56.3 Å². The summed E-state index contributed by atoms with van der Waals surface area (Å²) in [4.78, 5) is 9.30. The van der Waals surface area contributed by atoms with Gasteiger partial charge in [0.15, 0.2) is 0 Å². The molecule has 2 nitrogen and oxygen atoms in total. The second-order valence-corrected chi connectivity index (χ2v) is 11.3. The molecular weight excluding hydrogens is 665 g/mol. The maximum absolute atomic E-state index is 4.74. The number of benzene rings is 3. The molecule has 3 aromatic carbocycles. The van der Waals surface area contributed by atoms with Gasteiger partial charge in [-0.05, 0) is 59.2 Å². The fourth-order valence-corrected chi connectivity index (χ4v) is 7.84. The summed E-state index contributed by atoms with van der Waals surface area (Å²) in [6, 6.07) is 38.1. The monoisotopic (exact) mass is 697 g/mol. The quantitative estimate of drug-likeness (QED) is 0.172. The average Bonchev–Trinajstić information content (AvgIpc) is 3.57. The Bertz CT molecular complexity index is 1560. The molecule has 0 amide bonds. The summed E-state index contributed by atoms with van der Waals surface area (Å²) >= 11 is 0. The van der Waals surface area contributed by atoms with Gasteiger partial charge in [-0.3, -0.25) is 0 Å². The van der Waals surface area contributed by atoms with Gasteiger partial charge in [-0.25, -0.2) is 0 Å². The minimum absolute atomic E-state index is 0. The summed E-state index contributed by atoms with van der Waals surface area (Å²) in [5.41, 5.74) is 11.9. The van der Waals surface area contributed by atoms with E-state index in [-0.39, 0.29) is 20.1 Å². The van der Waals surface area contributed by atoms with Crippen LogP contribution >= 0.6 is 0 Å². The number of nitrogens with zero attached hydrogens (tertiary/aromatic N) is 2. The number of aromatic nitrogens is 2. The maximum atomic E-state index is 4.74. The minimum Gasteiger partial charge on any atom is -0.304 e. The molecule has 2 fully saturated rings. The smallest absolute Gasteiger partial charge is 0.0242 e. The average molecular weight is 697 g/mol. The maximum Gasteiger partial charge on any atom is 0.0242 e. The topological polar surface area (TPSA) is 25.8 Å². The Kier molecular flexibility index (Phi) is 7.29. The summed E-state index contributed by atoms with van der Waals surface area (Å²) < 4.78 is 0. The van der Waals surface area contributed by atoms with Crippen LogP contribution in [0.2, 0.25) is 0 Å². The first kappa shape index (κ1) is 26.8. The van der Waals surface area contributed by atoms with Gasteiger partial charge in [-0.2, -0.15) is 0 Å². The van der Waals surface area contributed by atoms with Gasteiger partial charge in [0.25, 0.3) is 0 Å². The first-order valence-electron chi connectivity index (χ1n) is 14.2. The van der Waals surface area contributed by atoms with Crippen molar-refractivity contribution < 1.29 is 20.1 Å². The van der Waals surface area contributed by atoms with Crippen LogP contribution in [0.5, 0.6) is 0 Å². The third kappa shape index (κ3) is 4.19. The van der Waals surface area contributed by atoms with Gasteiger partial charge in [0.2, 0.25) is 0 Å². The van der Waals surface area contributed by atoms with Crippen molar-refractivity contribution in [1.29, 1.82) is 0 Å². The molecule has 0 unspecified atom stereocenters. The zero-order valence-corrected chi connectivity index (χ0v) is 25.2. The van der Waals surface area contributed by atoms with Crippen molar-refractivity contribution in [3.05, 3.63) is 132 Å². The SMILES string of the molecule is Cc1cc(-c2[c-]cccc2)ncc1-c1ccccc1.[Ir].[c-]1cccc2c1-c1ncccc1C13CCCC21CCC3. The Morgan fingerprint density at radius 3 is 2.12 bits per heavy atom. The van der Waals surface area contributed by atoms with E-state index in [0.717, 1.165) is 11.3 Å². The van der Waals surface area contributed by atoms with Crippen LogP contribution in [0.25, 0.3) is 33.6 Å². The Morgan fingerprint density at radius 1 is 0.700 bits per heavy atom. The minimum atomic E-state index is 0. The van der Waals surface area contributed by atoms with Crippen molar-refractivity contribution in [3.63, 3.8) is 0 Å². The fraction of sp³-hybridized carbons (Fsp3) is 0.243. The summed E-state index contributed by atoms with van der Waals surface area (Å²) in [6.45, 7) is 2.12. The summed E-state index contributed by atoms with van der Waals surface area (Å²) in [6.07, 6.45) is 12.0. The molecule has 0 bridgehead atoms. The van der Waals surface area contributed by atoms with Crippen LogP contribution in [0.1, 0.15) is 55.2 Å². The van der Waals surface area contributed by atoms with E-state index in [0.29, 0.717) is 10.8 Å². The fourth-order valence-electron chi connectivity index (χ4n) is 7.84. The van der Waals surface area contributed by atoms with Gasteiger partial charge in [0, 0.05) is 38.1 Å². The molecular formula is C37H32IrN2-2. The van der Waals surface area contributed by atoms with Crippen LogP contribution in [-0.4, -0.2) is 9.97 Å². The molecule has 3 heteroatoms. The van der Waals surface area contributed by atoms with Crippen LogP contribution < -0.4 is 0 Å². The van der Waals surface area contributed by atoms with E-state index < -0.39 is 0 Å². The molecule has 3 aliphatic carbocycles. The molecule has 0 atom stereocenters. The Balaban J connectivity index is 0.000000141. The molecule has 0 saturated heterocycles. The van der Waals surface area contributed by atoms with Gasteiger partial charge < -0.3 is 9.97 Å². The van der Waals surface area contributed by atoms with E-state index in [4.69, 9.17) is 4.98 Å². The van der Waals surface area contributed by atoms with Crippen LogP contribution in [0, 0.1) is 19.1 Å². The van der Waals surface area contributed by atoms with Crippen LogP contribution in [-0.2, 0) is 30.9 Å². The Morgan fingerprint density at radius 2 is 1.40 bits per heavy atom. The third-order valence-electron chi connectivity index (χ3n) is 9.44. The molecule has 2 saturated carbocycles. The first-order chi connectivity index (χ1) is 19.2. The van der Waals surface area contributed by atoms with Crippen LogP contribution in [0.3, 0.4) is 0 Å². The van der Waals surface area contributed by atoms with Gasteiger partial charge >= 0.3 is 0 Å². The van der Waals surface area contributed by atoms with Crippen LogP contribution in [0.15, 0.2) is 103 Å². The number of fused-ring (bicyclic) bond motifs is 3. The van der Waals surface area contributed by atoms with Gasteiger partial charge in [-0.1, -0.05) is 73.7 Å². The molecule has 0 aliphatic heterocycles. The molecule has 0 spiro atoms. The van der Waals surface area contributed by atoms with Crippen molar-refractivity contribution >= 4 is 0 Å². The third-order valence-corrected chi connectivity index (χ3v) is 9.44. The van der Waals surface area contributed by atoms with Crippen molar-refractivity contribution in [1.82, 2.24) is 9.97 Å².